The molecule has 0 aromatic heterocycles. The lowest BCUT2D eigenvalue weighted by atomic mass is 10.0. The third kappa shape index (κ3) is 2.70. The number of terminal acetylenes is 1. The van der Waals surface area contributed by atoms with E-state index in [0.717, 1.165) is 12.0 Å². The van der Waals surface area contributed by atoms with Crippen molar-refractivity contribution < 1.29 is 19.4 Å². The van der Waals surface area contributed by atoms with Gasteiger partial charge in [-0.05, 0) is 19.1 Å². The second-order valence-electron chi connectivity index (χ2n) is 4.69. The van der Waals surface area contributed by atoms with Gasteiger partial charge in [-0.25, -0.2) is 0 Å². The molecule has 0 amide bonds. The van der Waals surface area contributed by atoms with E-state index < -0.39 is 12.0 Å². The monoisotopic (exact) mass is 275 g/mol. The van der Waals surface area contributed by atoms with E-state index in [1.54, 1.807) is 6.07 Å². The second kappa shape index (κ2) is 5.85. The molecule has 5 heteroatoms. The van der Waals surface area contributed by atoms with Crippen LogP contribution in [0.3, 0.4) is 0 Å². The lowest BCUT2D eigenvalue weighted by Crippen LogP contribution is -2.29. The number of carboxylic acids is 1. The minimum absolute atomic E-state index is 0.0897. The normalized spacial score (nSPS) is 17.8. The molecule has 0 saturated carbocycles. The van der Waals surface area contributed by atoms with Gasteiger partial charge in [-0.1, -0.05) is 5.92 Å². The minimum Gasteiger partial charge on any atom is -0.496 e. The van der Waals surface area contributed by atoms with Gasteiger partial charge >= 0.3 is 5.97 Å². The number of carbonyl (C=O) groups is 1. The summed E-state index contributed by atoms with van der Waals surface area (Å²) in [7, 11) is 1.52. The van der Waals surface area contributed by atoms with Gasteiger partial charge in [-0.3, -0.25) is 10.1 Å². The lowest BCUT2D eigenvalue weighted by molar-refractivity contribution is -0.139. The minimum atomic E-state index is -1.01. The maximum absolute atomic E-state index is 11.4. The molecule has 0 aliphatic carbocycles. The zero-order valence-electron chi connectivity index (χ0n) is 11.5. The smallest absolute Gasteiger partial charge is 0.325 e. The molecular formula is C15H17NO4. The molecule has 0 radical (unpaired) electrons. The molecule has 1 aliphatic heterocycles. The van der Waals surface area contributed by atoms with Crippen molar-refractivity contribution in [2.75, 3.05) is 13.7 Å². The van der Waals surface area contributed by atoms with Crippen LogP contribution in [0.15, 0.2) is 12.1 Å². The van der Waals surface area contributed by atoms with Crippen molar-refractivity contribution >= 4 is 5.97 Å². The van der Waals surface area contributed by atoms with Gasteiger partial charge in [0.15, 0.2) is 0 Å². The molecule has 0 saturated heterocycles. The van der Waals surface area contributed by atoms with Crippen molar-refractivity contribution in [1.29, 1.82) is 0 Å². The highest BCUT2D eigenvalue weighted by molar-refractivity contribution is 5.77. The Labute approximate surface area is 117 Å². The highest BCUT2D eigenvalue weighted by Crippen LogP contribution is 2.37. The Morgan fingerprint density at radius 2 is 2.45 bits per heavy atom. The lowest BCUT2D eigenvalue weighted by Gasteiger charge is -2.17. The Hall–Kier alpha value is -2.19. The Bertz CT molecular complexity index is 562. The van der Waals surface area contributed by atoms with Crippen molar-refractivity contribution in [3.05, 3.63) is 23.3 Å². The molecule has 1 aromatic carbocycles. The van der Waals surface area contributed by atoms with Crippen LogP contribution >= 0.6 is 0 Å². The molecule has 0 spiro atoms. The summed E-state index contributed by atoms with van der Waals surface area (Å²) in [6.07, 6.45) is 6.06. The summed E-state index contributed by atoms with van der Waals surface area (Å²) in [4.78, 5) is 11.4. The Balaban J connectivity index is 2.41. The maximum Gasteiger partial charge on any atom is 0.325 e. The Morgan fingerprint density at radius 3 is 3.05 bits per heavy atom. The number of hydrogen-bond acceptors (Lipinski definition) is 4. The van der Waals surface area contributed by atoms with E-state index in [4.69, 9.17) is 15.9 Å². The predicted octanol–water partition coefficient (Wildman–Crippen LogP) is 1.37. The van der Waals surface area contributed by atoms with Crippen molar-refractivity contribution in [2.45, 2.75) is 25.5 Å². The van der Waals surface area contributed by atoms with Crippen molar-refractivity contribution in [2.24, 2.45) is 0 Å². The van der Waals surface area contributed by atoms with Gasteiger partial charge in [0, 0.05) is 17.5 Å². The second-order valence-corrected chi connectivity index (χ2v) is 4.69. The van der Waals surface area contributed by atoms with Crippen LogP contribution < -0.4 is 14.8 Å². The highest BCUT2D eigenvalue weighted by atomic mass is 16.5. The standard InChI is InChI=1S/C15H17NO4/c1-4-5-16-14(15(17)18)11-8-12-10(6-9(2)20-12)7-13(11)19-3/h1,7-9,14,16H,5-6H2,2-3H3,(H,17,18). The van der Waals surface area contributed by atoms with Crippen molar-refractivity contribution in [3.8, 4) is 23.8 Å². The van der Waals surface area contributed by atoms with Crippen LogP contribution in [0.2, 0.25) is 0 Å². The average molecular weight is 275 g/mol. The zero-order chi connectivity index (χ0) is 14.7. The number of methoxy groups -OCH3 is 1. The highest BCUT2D eigenvalue weighted by Gasteiger charge is 2.28. The average Bonchev–Trinajstić information content (AvgIpc) is 2.76. The number of carboxylic acid groups (broad SMARTS) is 1. The summed E-state index contributed by atoms with van der Waals surface area (Å²) in [5.41, 5.74) is 1.54. The van der Waals surface area contributed by atoms with Gasteiger partial charge in [0.05, 0.1) is 13.7 Å². The Morgan fingerprint density at radius 1 is 1.70 bits per heavy atom. The van der Waals surface area contributed by atoms with Gasteiger partial charge in [0.2, 0.25) is 0 Å². The SMILES string of the molecule is C#CCNC(C(=O)O)c1cc2c(cc1OC)CC(C)O2. The van der Waals surface area contributed by atoms with Crippen molar-refractivity contribution in [1.82, 2.24) is 5.32 Å². The fourth-order valence-electron chi connectivity index (χ4n) is 2.35. The number of ether oxygens (including phenoxy) is 2. The number of nitrogens with one attached hydrogen (secondary N) is 1. The molecule has 1 aliphatic rings. The first-order valence-corrected chi connectivity index (χ1v) is 6.34. The Kier molecular flexibility index (Phi) is 4.16. The topological polar surface area (TPSA) is 67.8 Å². The van der Waals surface area contributed by atoms with Crippen LogP contribution in [0.1, 0.15) is 24.1 Å². The van der Waals surface area contributed by atoms with Crippen molar-refractivity contribution in [3.63, 3.8) is 0 Å². The van der Waals surface area contributed by atoms with E-state index in [1.807, 2.05) is 13.0 Å². The molecule has 0 fully saturated rings. The summed E-state index contributed by atoms with van der Waals surface area (Å²) in [5.74, 6) is 2.60. The molecule has 1 heterocycles. The number of fused-ring (bicyclic) bond motifs is 1. The van der Waals surface area contributed by atoms with E-state index in [1.165, 1.54) is 7.11 Å². The summed E-state index contributed by atoms with van der Waals surface area (Å²) in [6, 6.07) is 2.63. The van der Waals surface area contributed by atoms with E-state index in [9.17, 15) is 9.90 Å². The molecule has 20 heavy (non-hydrogen) atoms. The van der Waals surface area contributed by atoms with Crippen LogP contribution in [-0.2, 0) is 11.2 Å². The molecule has 1 aromatic rings. The van der Waals surface area contributed by atoms with Crippen LogP contribution in [0, 0.1) is 12.3 Å². The molecule has 106 valence electrons. The fourth-order valence-corrected chi connectivity index (χ4v) is 2.35. The van der Waals surface area contributed by atoms with E-state index in [2.05, 4.69) is 11.2 Å². The molecule has 0 bridgehead atoms. The van der Waals surface area contributed by atoms with Crippen LogP contribution in [-0.4, -0.2) is 30.8 Å². The first-order valence-electron chi connectivity index (χ1n) is 6.34. The molecule has 5 nitrogen and oxygen atoms in total. The van der Waals surface area contributed by atoms with E-state index in [-0.39, 0.29) is 12.6 Å². The summed E-state index contributed by atoms with van der Waals surface area (Å²) < 4.78 is 11.0. The zero-order valence-corrected chi connectivity index (χ0v) is 11.5. The molecule has 2 unspecified atom stereocenters. The first kappa shape index (κ1) is 14.2. The maximum atomic E-state index is 11.4. The quantitative estimate of drug-likeness (QED) is 0.794. The molecule has 2 rings (SSSR count). The van der Waals surface area contributed by atoms with Gasteiger partial charge in [-0.2, -0.15) is 0 Å². The van der Waals surface area contributed by atoms with Crippen LogP contribution in [0.25, 0.3) is 0 Å². The predicted molar refractivity (Wildman–Crippen MR) is 74.0 cm³/mol. The number of aliphatic carboxylic acids is 1. The van der Waals surface area contributed by atoms with Crippen LogP contribution in [0.5, 0.6) is 11.5 Å². The summed E-state index contributed by atoms with van der Waals surface area (Å²) in [6.45, 7) is 2.13. The van der Waals surface area contributed by atoms with Crippen LogP contribution in [0.4, 0.5) is 0 Å². The van der Waals surface area contributed by atoms with E-state index in [0.29, 0.717) is 17.1 Å². The van der Waals surface area contributed by atoms with Gasteiger partial charge in [0.25, 0.3) is 0 Å². The van der Waals surface area contributed by atoms with E-state index >= 15 is 0 Å². The first-order chi connectivity index (χ1) is 9.56. The number of hydrogen-bond donors (Lipinski definition) is 2. The number of rotatable bonds is 5. The fraction of sp³-hybridized carbons (Fsp3) is 0.400. The van der Waals surface area contributed by atoms with Gasteiger partial charge in [0.1, 0.15) is 23.6 Å². The summed E-state index contributed by atoms with van der Waals surface area (Å²) in [5, 5.41) is 12.1. The number of benzene rings is 1. The third-order valence-electron chi connectivity index (χ3n) is 3.21. The summed E-state index contributed by atoms with van der Waals surface area (Å²) >= 11 is 0. The van der Waals surface area contributed by atoms with Gasteiger partial charge < -0.3 is 14.6 Å². The molecular weight excluding hydrogens is 258 g/mol. The van der Waals surface area contributed by atoms with Gasteiger partial charge in [-0.15, -0.1) is 6.42 Å². The third-order valence-corrected chi connectivity index (χ3v) is 3.21. The largest absolute Gasteiger partial charge is 0.496 e. The molecule has 2 N–H and O–H groups in total. The molecule has 2 atom stereocenters.